The molecule has 0 heterocycles. The number of ether oxygens (including phenoxy) is 1. The molecule has 4 heteroatoms. The quantitative estimate of drug-likeness (QED) is 0.711. The maximum atomic E-state index is 12.5. The molecule has 0 unspecified atom stereocenters. The molecule has 0 aliphatic heterocycles. The van der Waals surface area contributed by atoms with E-state index >= 15 is 0 Å². The van der Waals surface area contributed by atoms with Gasteiger partial charge in [-0.3, -0.25) is 4.79 Å². The second-order valence-electron chi connectivity index (χ2n) is 7.01. The monoisotopic (exact) mass is 352 g/mol. The minimum Gasteiger partial charge on any atom is -0.376 e. The Balaban J connectivity index is 1.47. The van der Waals surface area contributed by atoms with Crippen LogP contribution in [0.25, 0.3) is 0 Å². The van der Waals surface area contributed by atoms with Crippen molar-refractivity contribution >= 4 is 11.6 Å². The summed E-state index contributed by atoms with van der Waals surface area (Å²) < 4.78 is 5.79. The van der Waals surface area contributed by atoms with Gasteiger partial charge in [-0.05, 0) is 55.0 Å². The van der Waals surface area contributed by atoms with Crippen molar-refractivity contribution in [3.63, 3.8) is 0 Å². The van der Waals surface area contributed by atoms with Gasteiger partial charge < -0.3 is 15.8 Å². The molecule has 1 aliphatic rings. The molecule has 1 aliphatic carbocycles. The van der Waals surface area contributed by atoms with Gasteiger partial charge in [0.25, 0.3) is 0 Å². The molecule has 0 saturated heterocycles. The summed E-state index contributed by atoms with van der Waals surface area (Å²) in [4.78, 5) is 12.5. The van der Waals surface area contributed by atoms with E-state index in [-0.39, 0.29) is 11.8 Å². The zero-order valence-electron chi connectivity index (χ0n) is 15.2. The maximum absolute atomic E-state index is 12.5. The summed E-state index contributed by atoms with van der Waals surface area (Å²) in [5.41, 5.74) is 8.97. The van der Waals surface area contributed by atoms with E-state index in [1.807, 2.05) is 42.5 Å². The van der Waals surface area contributed by atoms with Crippen molar-refractivity contribution in [2.24, 2.45) is 17.6 Å². The van der Waals surface area contributed by atoms with E-state index < -0.39 is 0 Å². The summed E-state index contributed by atoms with van der Waals surface area (Å²) in [5, 5.41) is 3.05. The van der Waals surface area contributed by atoms with Crippen LogP contribution in [-0.2, 0) is 22.6 Å². The Kier molecular flexibility index (Phi) is 6.81. The van der Waals surface area contributed by atoms with Gasteiger partial charge in [-0.15, -0.1) is 0 Å². The van der Waals surface area contributed by atoms with E-state index in [2.05, 4.69) is 17.4 Å². The number of amides is 1. The Morgan fingerprint density at radius 2 is 1.88 bits per heavy atom. The first-order valence-electron chi connectivity index (χ1n) is 9.48. The van der Waals surface area contributed by atoms with Crippen molar-refractivity contribution in [1.29, 1.82) is 0 Å². The molecular formula is C22H28N2O2. The minimum atomic E-state index is 0.0470. The van der Waals surface area contributed by atoms with Crippen molar-refractivity contribution in [1.82, 2.24) is 0 Å². The predicted molar refractivity (Wildman–Crippen MR) is 105 cm³/mol. The van der Waals surface area contributed by atoms with Gasteiger partial charge in [0.2, 0.25) is 5.91 Å². The third kappa shape index (κ3) is 5.16. The largest absolute Gasteiger partial charge is 0.376 e. The first-order chi connectivity index (χ1) is 12.8. The molecule has 2 aromatic rings. The minimum absolute atomic E-state index is 0.0470. The Morgan fingerprint density at radius 3 is 2.69 bits per heavy atom. The molecule has 3 N–H and O–H groups in total. The summed E-state index contributed by atoms with van der Waals surface area (Å²) in [6.07, 6.45) is 3.99. The molecule has 2 aromatic carbocycles. The van der Waals surface area contributed by atoms with Gasteiger partial charge in [0.15, 0.2) is 0 Å². The van der Waals surface area contributed by atoms with Gasteiger partial charge in [0.1, 0.15) is 0 Å². The normalized spacial score (nSPS) is 19.4. The van der Waals surface area contributed by atoms with E-state index in [1.54, 1.807) is 0 Å². The van der Waals surface area contributed by atoms with Crippen molar-refractivity contribution in [2.45, 2.75) is 32.3 Å². The van der Waals surface area contributed by atoms with Crippen LogP contribution < -0.4 is 11.1 Å². The van der Waals surface area contributed by atoms with E-state index in [0.717, 1.165) is 36.9 Å². The highest BCUT2D eigenvalue weighted by atomic mass is 16.5. The van der Waals surface area contributed by atoms with Crippen LogP contribution in [0, 0.1) is 11.8 Å². The van der Waals surface area contributed by atoms with Crippen LogP contribution in [-0.4, -0.2) is 19.1 Å². The highest BCUT2D eigenvalue weighted by Gasteiger charge is 2.31. The molecule has 26 heavy (non-hydrogen) atoms. The van der Waals surface area contributed by atoms with Gasteiger partial charge >= 0.3 is 0 Å². The fourth-order valence-corrected chi connectivity index (χ4v) is 3.66. The summed E-state index contributed by atoms with van der Waals surface area (Å²) in [5.74, 6) is 0.463. The lowest BCUT2D eigenvalue weighted by Gasteiger charge is -2.17. The van der Waals surface area contributed by atoms with Crippen molar-refractivity contribution in [3.05, 3.63) is 65.7 Å². The molecular weight excluding hydrogens is 324 g/mol. The van der Waals surface area contributed by atoms with Gasteiger partial charge in [0.05, 0.1) is 13.2 Å². The zero-order chi connectivity index (χ0) is 18.2. The molecule has 3 rings (SSSR count). The lowest BCUT2D eigenvalue weighted by molar-refractivity contribution is -0.120. The van der Waals surface area contributed by atoms with Gasteiger partial charge in [0, 0.05) is 11.6 Å². The summed E-state index contributed by atoms with van der Waals surface area (Å²) in [7, 11) is 0. The fraction of sp³-hybridized carbons (Fsp3) is 0.409. The smallest absolute Gasteiger partial charge is 0.227 e. The molecule has 1 amide bonds. The van der Waals surface area contributed by atoms with Crippen molar-refractivity contribution in [2.75, 3.05) is 18.5 Å². The van der Waals surface area contributed by atoms with E-state index in [0.29, 0.717) is 25.7 Å². The van der Waals surface area contributed by atoms with Crippen LogP contribution in [0.5, 0.6) is 0 Å². The first-order valence-corrected chi connectivity index (χ1v) is 9.48. The van der Waals surface area contributed by atoms with Crippen LogP contribution in [0.2, 0.25) is 0 Å². The number of hydrogen-bond acceptors (Lipinski definition) is 3. The van der Waals surface area contributed by atoms with Crippen molar-refractivity contribution < 1.29 is 9.53 Å². The number of anilines is 1. The summed E-state index contributed by atoms with van der Waals surface area (Å²) in [6.45, 7) is 1.82. The molecule has 4 nitrogen and oxygen atoms in total. The fourth-order valence-electron chi connectivity index (χ4n) is 3.66. The SMILES string of the molecule is NC[C@H]1CCC[C@H]1C(=O)Nc1cccc(COCCc2ccccc2)c1. The van der Waals surface area contributed by atoms with E-state index in [1.165, 1.54) is 5.56 Å². The zero-order valence-corrected chi connectivity index (χ0v) is 15.2. The van der Waals surface area contributed by atoms with Crippen LogP contribution in [0.15, 0.2) is 54.6 Å². The molecule has 0 radical (unpaired) electrons. The van der Waals surface area contributed by atoms with Crippen LogP contribution in [0.4, 0.5) is 5.69 Å². The van der Waals surface area contributed by atoms with Crippen LogP contribution in [0.3, 0.4) is 0 Å². The lowest BCUT2D eigenvalue weighted by Crippen LogP contribution is -2.29. The number of benzene rings is 2. The average molecular weight is 352 g/mol. The second-order valence-corrected chi connectivity index (χ2v) is 7.01. The standard InChI is InChI=1S/C22H28N2O2/c23-15-19-9-5-11-21(19)22(25)24-20-10-4-8-18(14-20)16-26-13-12-17-6-2-1-3-7-17/h1-4,6-8,10,14,19,21H,5,9,11-13,15-16,23H2,(H,24,25)/t19-,21-/m1/s1. The van der Waals surface area contributed by atoms with E-state index in [4.69, 9.17) is 10.5 Å². The third-order valence-corrected chi connectivity index (χ3v) is 5.14. The lowest BCUT2D eigenvalue weighted by atomic mass is 9.95. The Labute approximate surface area is 155 Å². The summed E-state index contributed by atoms with van der Waals surface area (Å²) >= 11 is 0. The number of rotatable bonds is 8. The van der Waals surface area contributed by atoms with Gasteiger partial charge in [-0.25, -0.2) is 0 Å². The first kappa shape index (κ1) is 18.6. The number of hydrogen-bond donors (Lipinski definition) is 2. The summed E-state index contributed by atoms with van der Waals surface area (Å²) in [6, 6.07) is 18.2. The molecule has 2 atom stereocenters. The number of carbonyl (C=O) groups excluding carboxylic acids is 1. The van der Waals surface area contributed by atoms with E-state index in [9.17, 15) is 4.79 Å². The number of nitrogens with one attached hydrogen (secondary N) is 1. The predicted octanol–water partition coefficient (Wildman–Crippen LogP) is 3.76. The van der Waals surface area contributed by atoms with Crippen LogP contribution in [0.1, 0.15) is 30.4 Å². The Morgan fingerprint density at radius 1 is 1.08 bits per heavy atom. The average Bonchev–Trinajstić information content (AvgIpc) is 3.15. The van der Waals surface area contributed by atoms with Gasteiger partial charge in [-0.1, -0.05) is 48.9 Å². The Bertz CT molecular complexity index is 702. The van der Waals surface area contributed by atoms with Gasteiger partial charge in [-0.2, -0.15) is 0 Å². The third-order valence-electron chi connectivity index (χ3n) is 5.14. The Hall–Kier alpha value is -2.17. The van der Waals surface area contributed by atoms with Crippen LogP contribution >= 0.6 is 0 Å². The molecule has 0 bridgehead atoms. The number of carbonyl (C=O) groups is 1. The topological polar surface area (TPSA) is 64.4 Å². The molecule has 138 valence electrons. The highest BCUT2D eigenvalue weighted by Crippen LogP contribution is 2.31. The molecule has 1 fully saturated rings. The number of nitrogens with two attached hydrogens (primary N) is 1. The maximum Gasteiger partial charge on any atom is 0.227 e. The molecule has 1 saturated carbocycles. The second kappa shape index (κ2) is 9.51. The molecule has 0 aromatic heterocycles. The molecule has 0 spiro atoms. The van der Waals surface area contributed by atoms with Crippen molar-refractivity contribution in [3.8, 4) is 0 Å². The highest BCUT2D eigenvalue weighted by molar-refractivity contribution is 5.93.